The second-order valence-corrected chi connectivity index (χ2v) is 5.78. The van der Waals surface area contributed by atoms with Crippen LogP contribution in [-0.4, -0.2) is 23.7 Å². The van der Waals surface area contributed by atoms with Crippen molar-refractivity contribution in [1.82, 2.24) is 16.2 Å². The highest BCUT2D eigenvalue weighted by Crippen LogP contribution is 2.19. The maximum Gasteiger partial charge on any atom is 0.262 e. The lowest BCUT2D eigenvalue weighted by atomic mass is 10.2. The molecule has 6 heteroatoms. The number of benzene rings is 1. The van der Waals surface area contributed by atoms with Crippen molar-refractivity contribution in [2.45, 2.75) is 38.6 Å². The minimum atomic E-state index is -0.271. The number of ether oxygens (including phenoxy) is 1. The van der Waals surface area contributed by atoms with Crippen LogP contribution in [-0.2, 0) is 4.79 Å². The quantitative estimate of drug-likeness (QED) is 0.439. The smallest absolute Gasteiger partial charge is 0.262 e. The number of carbonyl (C=O) groups excluding carboxylic acids is 1. The highest BCUT2D eigenvalue weighted by atomic mass is 32.1. The molecule has 0 aromatic heterocycles. The van der Waals surface area contributed by atoms with Crippen LogP contribution < -0.4 is 20.9 Å². The van der Waals surface area contributed by atoms with Gasteiger partial charge in [0.25, 0.3) is 5.91 Å². The van der Waals surface area contributed by atoms with Crippen molar-refractivity contribution in [3.8, 4) is 5.75 Å². The molecule has 2 rings (SSSR count). The Balaban J connectivity index is 1.78. The predicted octanol–water partition coefficient (Wildman–Crippen LogP) is 2.54. The number of hydrogen-bond donors (Lipinski definition) is 3. The second-order valence-electron chi connectivity index (χ2n) is 5.37. The van der Waals surface area contributed by atoms with E-state index in [4.69, 9.17) is 17.0 Å². The van der Waals surface area contributed by atoms with E-state index in [1.54, 1.807) is 6.08 Å². The normalized spacial score (nSPS) is 14.7. The number of hydrazine groups is 1. The van der Waals surface area contributed by atoms with Crippen LogP contribution in [0.5, 0.6) is 5.75 Å². The summed E-state index contributed by atoms with van der Waals surface area (Å²) in [5, 5.41) is 3.65. The number of amides is 1. The maximum atomic E-state index is 11.8. The molecule has 1 amide bonds. The van der Waals surface area contributed by atoms with Crippen molar-refractivity contribution in [2.24, 2.45) is 0 Å². The molecule has 3 N–H and O–H groups in total. The average molecular weight is 333 g/mol. The Morgan fingerprint density at radius 2 is 2.04 bits per heavy atom. The van der Waals surface area contributed by atoms with E-state index in [0.717, 1.165) is 24.2 Å². The molecule has 0 bridgehead atoms. The Kier molecular flexibility index (Phi) is 6.87. The van der Waals surface area contributed by atoms with Gasteiger partial charge in [-0.3, -0.25) is 15.6 Å². The first kappa shape index (κ1) is 17.3. The van der Waals surface area contributed by atoms with Crippen LogP contribution in [0.4, 0.5) is 0 Å². The number of rotatable bonds is 5. The average Bonchev–Trinajstić information content (AvgIpc) is 3.05. The van der Waals surface area contributed by atoms with Gasteiger partial charge in [0.2, 0.25) is 0 Å². The monoisotopic (exact) mass is 333 g/mol. The molecule has 5 nitrogen and oxygen atoms in total. The fraction of sp³-hybridized carbons (Fsp3) is 0.412. The van der Waals surface area contributed by atoms with Gasteiger partial charge in [-0.05, 0) is 44.1 Å². The standard InChI is InChI=1S/C17H23N3O2S/c1-2-22-15-10-6-3-7-13(15)11-12-16(21)19-20-17(23)18-14-8-4-5-9-14/h3,6-7,10-12,14H,2,4-5,8-9H2,1H3,(H,19,21)(H2,18,20,23)/b12-11+. The van der Waals surface area contributed by atoms with Gasteiger partial charge in [-0.1, -0.05) is 31.0 Å². The molecule has 0 spiro atoms. The summed E-state index contributed by atoms with van der Waals surface area (Å²) < 4.78 is 5.51. The van der Waals surface area contributed by atoms with Crippen molar-refractivity contribution in [2.75, 3.05) is 6.61 Å². The molecule has 0 saturated heterocycles. The molecule has 124 valence electrons. The van der Waals surface area contributed by atoms with E-state index in [1.165, 1.54) is 18.9 Å². The van der Waals surface area contributed by atoms with Crippen LogP contribution in [0.2, 0.25) is 0 Å². The van der Waals surface area contributed by atoms with Crippen LogP contribution >= 0.6 is 12.2 Å². The number of hydrogen-bond acceptors (Lipinski definition) is 3. The van der Waals surface area contributed by atoms with E-state index >= 15 is 0 Å². The van der Waals surface area contributed by atoms with Gasteiger partial charge in [0, 0.05) is 17.7 Å². The first-order valence-corrected chi connectivity index (χ1v) is 8.36. The van der Waals surface area contributed by atoms with E-state index in [9.17, 15) is 4.79 Å². The number of thiocarbonyl (C=S) groups is 1. The summed E-state index contributed by atoms with van der Waals surface area (Å²) in [5.74, 6) is 0.484. The molecule has 0 radical (unpaired) electrons. The minimum Gasteiger partial charge on any atom is -0.493 e. The number of carbonyl (C=O) groups is 1. The third kappa shape index (κ3) is 5.90. The largest absolute Gasteiger partial charge is 0.493 e. The molecule has 1 saturated carbocycles. The molecule has 0 aliphatic heterocycles. The van der Waals surface area contributed by atoms with E-state index in [2.05, 4.69) is 16.2 Å². The fourth-order valence-electron chi connectivity index (χ4n) is 2.52. The summed E-state index contributed by atoms with van der Waals surface area (Å²) in [6.45, 7) is 2.51. The summed E-state index contributed by atoms with van der Waals surface area (Å²) in [4.78, 5) is 11.8. The molecule has 1 aromatic carbocycles. The molecule has 0 atom stereocenters. The van der Waals surface area contributed by atoms with Gasteiger partial charge in [-0.15, -0.1) is 0 Å². The lowest BCUT2D eigenvalue weighted by molar-refractivity contribution is -0.116. The molecule has 1 aliphatic carbocycles. The predicted molar refractivity (Wildman–Crippen MR) is 95.9 cm³/mol. The summed E-state index contributed by atoms with van der Waals surface area (Å²) >= 11 is 5.16. The van der Waals surface area contributed by atoms with Crippen molar-refractivity contribution in [3.63, 3.8) is 0 Å². The van der Waals surface area contributed by atoms with Crippen molar-refractivity contribution < 1.29 is 9.53 Å². The number of para-hydroxylation sites is 1. The highest BCUT2D eigenvalue weighted by molar-refractivity contribution is 7.80. The molecule has 23 heavy (non-hydrogen) atoms. The van der Waals surface area contributed by atoms with Crippen LogP contribution in [0.15, 0.2) is 30.3 Å². The van der Waals surface area contributed by atoms with E-state index in [1.807, 2.05) is 31.2 Å². The summed E-state index contributed by atoms with van der Waals surface area (Å²) in [7, 11) is 0. The van der Waals surface area contributed by atoms with Crippen LogP contribution in [0.3, 0.4) is 0 Å². The van der Waals surface area contributed by atoms with Gasteiger partial charge in [-0.2, -0.15) is 0 Å². The van der Waals surface area contributed by atoms with Gasteiger partial charge < -0.3 is 10.1 Å². The lowest BCUT2D eigenvalue weighted by Gasteiger charge is -2.15. The van der Waals surface area contributed by atoms with E-state index in [0.29, 0.717) is 17.8 Å². The topological polar surface area (TPSA) is 62.4 Å². The Labute approximate surface area is 142 Å². The Morgan fingerprint density at radius 1 is 1.30 bits per heavy atom. The fourth-order valence-corrected chi connectivity index (χ4v) is 2.74. The summed E-state index contributed by atoms with van der Waals surface area (Å²) in [5.41, 5.74) is 6.14. The molecule has 1 aromatic rings. The zero-order valence-corrected chi connectivity index (χ0v) is 14.1. The summed E-state index contributed by atoms with van der Waals surface area (Å²) in [6, 6.07) is 7.99. The molecule has 0 heterocycles. The van der Waals surface area contributed by atoms with E-state index < -0.39 is 0 Å². The lowest BCUT2D eigenvalue weighted by Crippen LogP contribution is -2.48. The molecular weight excluding hydrogens is 310 g/mol. The van der Waals surface area contributed by atoms with Crippen LogP contribution in [0, 0.1) is 0 Å². The van der Waals surface area contributed by atoms with Gasteiger partial charge in [0.1, 0.15) is 5.75 Å². The number of nitrogens with one attached hydrogen (secondary N) is 3. The minimum absolute atomic E-state index is 0.271. The molecule has 0 unspecified atom stereocenters. The van der Waals surface area contributed by atoms with Gasteiger partial charge >= 0.3 is 0 Å². The van der Waals surface area contributed by atoms with Crippen LogP contribution in [0.1, 0.15) is 38.2 Å². The first-order chi connectivity index (χ1) is 11.2. The van der Waals surface area contributed by atoms with Crippen molar-refractivity contribution >= 4 is 29.3 Å². The van der Waals surface area contributed by atoms with Crippen molar-refractivity contribution in [3.05, 3.63) is 35.9 Å². The third-order valence-electron chi connectivity index (χ3n) is 3.62. The molecule has 1 aliphatic rings. The first-order valence-electron chi connectivity index (χ1n) is 7.95. The zero-order chi connectivity index (χ0) is 16.5. The zero-order valence-electron chi connectivity index (χ0n) is 13.3. The SMILES string of the molecule is CCOc1ccccc1/C=C/C(=O)NNC(=S)NC1CCCC1. The summed E-state index contributed by atoms with van der Waals surface area (Å²) in [6.07, 6.45) is 7.88. The Bertz CT molecular complexity index is 569. The van der Waals surface area contributed by atoms with Gasteiger partial charge in [0.15, 0.2) is 5.11 Å². The maximum absolute atomic E-state index is 11.8. The van der Waals surface area contributed by atoms with Gasteiger partial charge in [-0.25, -0.2) is 0 Å². The molecular formula is C17H23N3O2S. The molecule has 1 fully saturated rings. The second kappa shape index (κ2) is 9.15. The van der Waals surface area contributed by atoms with Gasteiger partial charge in [0.05, 0.1) is 6.61 Å². The highest BCUT2D eigenvalue weighted by Gasteiger charge is 2.15. The Morgan fingerprint density at radius 3 is 2.78 bits per heavy atom. The Hall–Kier alpha value is -2.08. The van der Waals surface area contributed by atoms with Crippen molar-refractivity contribution in [1.29, 1.82) is 0 Å². The van der Waals surface area contributed by atoms with Crippen LogP contribution in [0.25, 0.3) is 6.08 Å². The van der Waals surface area contributed by atoms with E-state index in [-0.39, 0.29) is 5.91 Å². The third-order valence-corrected chi connectivity index (χ3v) is 3.84.